The number of aliphatic imine (C=N–C) groups is 1. The summed E-state index contributed by atoms with van der Waals surface area (Å²) in [5, 5.41) is 0. The van der Waals surface area contributed by atoms with Crippen LogP contribution in [0, 0.1) is 0 Å². The maximum Gasteiger partial charge on any atom is 0.567 e. The summed E-state index contributed by atoms with van der Waals surface area (Å²) >= 11 is 0. The Labute approximate surface area is 68.6 Å². The molecule has 0 aromatic carbocycles. The van der Waals surface area contributed by atoms with Gasteiger partial charge in [-0.1, -0.05) is 6.58 Å². The van der Waals surface area contributed by atoms with Gasteiger partial charge in [-0.05, 0) is 6.92 Å². The lowest BCUT2D eigenvalue weighted by Crippen LogP contribution is -2.39. The van der Waals surface area contributed by atoms with E-state index in [4.69, 9.17) is 0 Å². The maximum absolute atomic E-state index is 12.2. The first-order chi connectivity index (χ1) is 5.37. The molecule has 0 atom stereocenters. The van der Waals surface area contributed by atoms with Crippen LogP contribution in [0.15, 0.2) is 17.3 Å². The number of nitrogens with zero attached hydrogens (tertiary/aromatic N) is 2. The molecule has 0 unspecified atom stereocenters. The van der Waals surface area contributed by atoms with Crippen molar-refractivity contribution in [1.29, 1.82) is 0 Å². The minimum atomic E-state index is -4.21. The van der Waals surface area contributed by atoms with Crippen molar-refractivity contribution in [3.63, 3.8) is 0 Å². The molecular formula is C7H10F3N2+. The van der Waals surface area contributed by atoms with Gasteiger partial charge in [-0.15, -0.1) is 13.2 Å². The van der Waals surface area contributed by atoms with E-state index in [0.717, 1.165) is 6.34 Å². The number of hydrogen-bond acceptors (Lipinski definition) is 1. The Bertz CT molecular complexity index is 225. The van der Waals surface area contributed by atoms with Gasteiger partial charge in [-0.3, -0.25) is 0 Å². The van der Waals surface area contributed by atoms with Gasteiger partial charge in [0.05, 0.1) is 0 Å². The molecule has 0 spiro atoms. The lowest BCUT2D eigenvalue weighted by atomic mass is 10.6. The molecule has 0 saturated carbocycles. The van der Waals surface area contributed by atoms with E-state index in [1.54, 1.807) is 6.92 Å². The fourth-order valence-corrected chi connectivity index (χ4v) is 0.751. The molecule has 1 aliphatic rings. The normalized spacial score (nSPS) is 21.3. The maximum atomic E-state index is 12.2. The summed E-state index contributed by atoms with van der Waals surface area (Å²) in [6.07, 6.45) is -3.29. The van der Waals surface area contributed by atoms with Crippen molar-refractivity contribution in [2.75, 3.05) is 13.1 Å². The zero-order valence-electron chi connectivity index (χ0n) is 6.73. The van der Waals surface area contributed by atoms with Crippen LogP contribution in [-0.2, 0) is 0 Å². The highest BCUT2D eigenvalue weighted by Gasteiger charge is 2.64. The van der Waals surface area contributed by atoms with E-state index in [9.17, 15) is 13.2 Å². The predicted octanol–water partition coefficient (Wildman–Crippen LogP) is 1.90. The first kappa shape index (κ1) is 9.25. The lowest BCUT2D eigenvalue weighted by Gasteiger charge is -2.13. The molecule has 1 saturated heterocycles. The van der Waals surface area contributed by atoms with Crippen LogP contribution < -0.4 is 0 Å². The Kier molecular flexibility index (Phi) is 1.99. The molecule has 0 aromatic heterocycles. The fourth-order valence-electron chi connectivity index (χ4n) is 0.751. The molecule has 12 heavy (non-hydrogen) atoms. The van der Waals surface area contributed by atoms with Crippen molar-refractivity contribution < 1.29 is 17.7 Å². The molecule has 1 aliphatic heterocycles. The average Bonchev–Trinajstić information content (AvgIpc) is 2.60. The van der Waals surface area contributed by atoms with Crippen LogP contribution in [0.25, 0.3) is 0 Å². The quantitative estimate of drug-likeness (QED) is 0.202. The molecule has 0 amide bonds. The minimum absolute atomic E-state index is 0.0975. The van der Waals surface area contributed by atoms with Crippen molar-refractivity contribution >= 4 is 6.34 Å². The van der Waals surface area contributed by atoms with E-state index in [2.05, 4.69) is 11.6 Å². The standard InChI is InChI=1S/C7H10F3N2/c1-6(2)11-5-12(3-4-12)7(8,9)10/h5H,1,3-4H2,2H3/q+1. The van der Waals surface area contributed by atoms with Crippen LogP contribution in [0.1, 0.15) is 6.92 Å². The minimum Gasteiger partial charge on any atom is -0.209 e. The number of alkyl halides is 3. The highest BCUT2D eigenvalue weighted by molar-refractivity contribution is 5.50. The average molecular weight is 179 g/mol. The topological polar surface area (TPSA) is 12.4 Å². The van der Waals surface area contributed by atoms with Crippen molar-refractivity contribution in [1.82, 2.24) is 0 Å². The van der Waals surface area contributed by atoms with E-state index in [1.807, 2.05) is 0 Å². The Morgan fingerprint density at radius 2 is 2.00 bits per heavy atom. The van der Waals surface area contributed by atoms with Crippen LogP contribution in [0.4, 0.5) is 13.2 Å². The van der Waals surface area contributed by atoms with Crippen LogP contribution in [0.3, 0.4) is 0 Å². The molecule has 0 aromatic rings. The molecule has 1 rings (SSSR count). The van der Waals surface area contributed by atoms with Gasteiger partial charge in [0.1, 0.15) is 13.1 Å². The summed E-state index contributed by atoms with van der Waals surface area (Å²) in [5.74, 6) is 0. The lowest BCUT2D eigenvalue weighted by molar-refractivity contribution is -0.841. The summed E-state index contributed by atoms with van der Waals surface area (Å²) in [6, 6.07) is 0. The zero-order valence-corrected chi connectivity index (χ0v) is 6.73. The Balaban J connectivity index is 2.69. The molecule has 0 radical (unpaired) electrons. The molecular weight excluding hydrogens is 169 g/mol. The second-order valence-corrected chi connectivity index (χ2v) is 2.93. The monoisotopic (exact) mass is 179 g/mol. The Hall–Kier alpha value is -0.840. The van der Waals surface area contributed by atoms with Crippen LogP contribution in [-0.4, -0.2) is 30.2 Å². The van der Waals surface area contributed by atoms with Crippen molar-refractivity contribution in [2.45, 2.75) is 13.2 Å². The van der Waals surface area contributed by atoms with Gasteiger partial charge in [0.15, 0.2) is 6.34 Å². The van der Waals surface area contributed by atoms with Crippen molar-refractivity contribution in [3.05, 3.63) is 12.3 Å². The summed E-state index contributed by atoms with van der Waals surface area (Å²) < 4.78 is 35.6. The third-order valence-electron chi connectivity index (χ3n) is 1.71. The summed E-state index contributed by atoms with van der Waals surface area (Å²) in [4.78, 5) is 3.56. The molecule has 1 heterocycles. The van der Waals surface area contributed by atoms with E-state index in [-0.39, 0.29) is 13.1 Å². The van der Waals surface area contributed by atoms with Gasteiger partial charge in [-0.2, -0.15) is 4.48 Å². The van der Waals surface area contributed by atoms with E-state index in [0.29, 0.717) is 5.70 Å². The Morgan fingerprint density at radius 3 is 2.25 bits per heavy atom. The predicted molar refractivity (Wildman–Crippen MR) is 39.4 cm³/mol. The Morgan fingerprint density at radius 1 is 1.50 bits per heavy atom. The molecule has 2 nitrogen and oxygen atoms in total. The van der Waals surface area contributed by atoms with Gasteiger partial charge >= 0.3 is 6.30 Å². The number of rotatable bonds is 2. The van der Waals surface area contributed by atoms with Gasteiger partial charge in [0.2, 0.25) is 0 Å². The number of quaternary nitrogens is 1. The molecule has 0 bridgehead atoms. The van der Waals surface area contributed by atoms with Crippen molar-refractivity contribution in [2.24, 2.45) is 4.99 Å². The summed E-state index contributed by atoms with van der Waals surface area (Å²) in [5.41, 5.74) is 0.392. The second kappa shape index (κ2) is 2.58. The first-order valence-corrected chi connectivity index (χ1v) is 3.52. The van der Waals surface area contributed by atoms with Gasteiger partial charge in [0.25, 0.3) is 0 Å². The summed E-state index contributed by atoms with van der Waals surface area (Å²) in [7, 11) is 0. The molecule has 0 N–H and O–H groups in total. The third kappa shape index (κ3) is 1.66. The smallest absolute Gasteiger partial charge is 0.209 e. The first-order valence-electron chi connectivity index (χ1n) is 3.52. The van der Waals surface area contributed by atoms with Gasteiger partial charge in [0, 0.05) is 5.70 Å². The van der Waals surface area contributed by atoms with Crippen molar-refractivity contribution in [3.8, 4) is 0 Å². The highest BCUT2D eigenvalue weighted by atomic mass is 19.4. The van der Waals surface area contributed by atoms with E-state index >= 15 is 0 Å². The van der Waals surface area contributed by atoms with Crippen LogP contribution in [0.5, 0.6) is 0 Å². The number of halogens is 3. The van der Waals surface area contributed by atoms with E-state index < -0.39 is 10.8 Å². The molecule has 68 valence electrons. The SMILES string of the molecule is C=C(C)N=C[N+]1(C(F)(F)F)CC1. The number of hydrogen-bond donors (Lipinski definition) is 0. The second-order valence-electron chi connectivity index (χ2n) is 2.93. The molecule has 1 fully saturated rings. The largest absolute Gasteiger partial charge is 0.567 e. The zero-order chi connectivity index (χ0) is 9.41. The molecule has 5 heteroatoms. The van der Waals surface area contributed by atoms with Gasteiger partial charge in [-0.25, -0.2) is 4.99 Å². The summed E-state index contributed by atoms with van der Waals surface area (Å²) in [6.45, 7) is 5.15. The van der Waals surface area contributed by atoms with E-state index in [1.165, 1.54) is 0 Å². The number of allylic oxidation sites excluding steroid dienone is 1. The highest BCUT2D eigenvalue weighted by Crippen LogP contribution is 2.36. The fraction of sp³-hybridized carbons (Fsp3) is 0.571. The van der Waals surface area contributed by atoms with Crippen LogP contribution in [0.2, 0.25) is 0 Å². The third-order valence-corrected chi connectivity index (χ3v) is 1.71. The van der Waals surface area contributed by atoms with Gasteiger partial charge < -0.3 is 0 Å². The molecule has 0 aliphatic carbocycles. The van der Waals surface area contributed by atoms with Crippen LogP contribution >= 0.6 is 0 Å².